The molecule has 0 atom stereocenters. The number of nitrogens with zero attached hydrogens (tertiary/aromatic N) is 1. The minimum absolute atomic E-state index is 0.0749. The van der Waals surface area contributed by atoms with Crippen LogP contribution in [0.2, 0.25) is 5.02 Å². The van der Waals surface area contributed by atoms with Gasteiger partial charge in [0.15, 0.2) is 0 Å². The number of halogens is 1. The summed E-state index contributed by atoms with van der Waals surface area (Å²) in [4.78, 5) is 0.276. The molecule has 4 nitrogen and oxygen atoms in total. The van der Waals surface area contributed by atoms with Gasteiger partial charge in [0.25, 0.3) is 0 Å². The molecule has 2 rings (SSSR count). The van der Waals surface area contributed by atoms with E-state index in [1.54, 1.807) is 29.1 Å². The maximum atomic E-state index is 12.9. The average molecular weight is 349 g/mol. The van der Waals surface area contributed by atoms with E-state index in [9.17, 15) is 8.42 Å². The molecule has 1 aliphatic rings. The highest BCUT2D eigenvalue weighted by Crippen LogP contribution is 2.34. The van der Waals surface area contributed by atoms with Gasteiger partial charge in [-0.25, -0.2) is 8.42 Å². The molecule has 1 fully saturated rings. The van der Waals surface area contributed by atoms with Crippen LogP contribution in [0.15, 0.2) is 17.0 Å². The standard InChI is InChI=1S/C14H21ClN2O2S2/c1-10-11(8-16)6-12(15)7-13(10)21(18,19)17-4-5-20-14(2,3)9-17/h6-7H,4-5,8-9,16H2,1-3H3. The molecule has 2 N–H and O–H groups in total. The summed E-state index contributed by atoms with van der Waals surface area (Å²) in [5, 5.41) is 0.408. The predicted octanol–water partition coefficient (Wildman–Crippen LogP) is 2.62. The quantitative estimate of drug-likeness (QED) is 0.912. The minimum Gasteiger partial charge on any atom is -0.326 e. The van der Waals surface area contributed by atoms with Gasteiger partial charge in [-0.05, 0) is 44.0 Å². The van der Waals surface area contributed by atoms with E-state index in [1.165, 1.54) is 6.07 Å². The van der Waals surface area contributed by atoms with E-state index >= 15 is 0 Å². The molecule has 0 spiro atoms. The van der Waals surface area contributed by atoms with Crippen LogP contribution < -0.4 is 5.73 Å². The van der Waals surface area contributed by atoms with E-state index < -0.39 is 10.0 Å². The molecule has 7 heteroatoms. The first kappa shape index (κ1) is 17.1. The number of hydrogen-bond donors (Lipinski definition) is 1. The zero-order valence-electron chi connectivity index (χ0n) is 12.5. The molecule has 0 unspecified atom stereocenters. The molecule has 0 radical (unpaired) electrons. The normalized spacial score (nSPS) is 19.7. The van der Waals surface area contributed by atoms with Crippen LogP contribution in [-0.4, -0.2) is 36.3 Å². The van der Waals surface area contributed by atoms with Crippen LogP contribution in [0, 0.1) is 6.92 Å². The van der Waals surface area contributed by atoms with E-state index in [1.807, 2.05) is 0 Å². The molecule has 0 bridgehead atoms. The Balaban J connectivity index is 2.47. The lowest BCUT2D eigenvalue weighted by Crippen LogP contribution is -2.46. The average Bonchev–Trinajstić information content (AvgIpc) is 2.39. The van der Waals surface area contributed by atoms with Crippen molar-refractivity contribution >= 4 is 33.4 Å². The predicted molar refractivity (Wildman–Crippen MR) is 89.4 cm³/mol. The number of benzene rings is 1. The Morgan fingerprint density at radius 3 is 2.67 bits per heavy atom. The summed E-state index contributed by atoms with van der Waals surface area (Å²) >= 11 is 7.86. The van der Waals surface area contributed by atoms with Crippen molar-refractivity contribution < 1.29 is 8.42 Å². The summed E-state index contributed by atoms with van der Waals surface area (Å²) < 4.78 is 27.3. The number of rotatable bonds is 3. The molecule has 1 aromatic carbocycles. The van der Waals surface area contributed by atoms with Gasteiger partial charge in [-0.3, -0.25) is 0 Å². The lowest BCUT2D eigenvalue weighted by Gasteiger charge is -2.37. The zero-order chi connectivity index (χ0) is 15.8. The Labute approximate surface area is 136 Å². The van der Waals surface area contributed by atoms with E-state index in [4.69, 9.17) is 17.3 Å². The lowest BCUT2D eigenvalue weighted by molar-refractivity contribution is 0.387. The van der Waals surface area contributed by atoms with Gasteiger partial charge in [0, 0.05) is 35.2 Å². The summed E-state index contributed by atoms with van der Waals surface area (Å²) in [6.07, 6.45) is 0. The van der Waals surface area contributed by atoms with E-state index in [2.05, 4.69) is 13.8 Å². The summed E-state index contributed by atoms with van der Waals surface area (Å²) in [7, 11) is -3.54. The molecule has 0 saturated carbocycles. The van der Waals surface area contributed by atoms with Crippen LogP contribution in [0.1, 0.15) is 25.0 Å². The highest BCUT2D eigenvalue weighted by molar-refractivity contribution is 8.00. The van der Waals surface area contributed by atoms with Crippen LogP contribution in [0.25, 0.3) is 0 Å². The zero-order valence-corrected chi connectivity index (χ0v) is 14.9. The van der Waals surface area contributed by atoms with E-state index in [0.29, 0.717) is 23.7 Å². The first-order valence-electron chi connectivity index (χ1n) is 6.80. The van der Waals surface area contributed by atoms with E-state index in [-0.39, 0.29) is 16.2 Å². The molecular formula is C14H21ClN2O2S2. The fourth-order valence-electron chi connectivity index (χ4n) is 2.51. The Kier molecular flexibility index (Phi) is 4.95. The molecule has 1 heterocycles. The van der Waals surface area contributed by atoms with Crippen molar-refractivity contribution in [2.24, 2.45) is 5.73 Å². The molecule has 0 aliphatic carbocycles. The summed E-state index contributed by atoms with van der Waals surface area (Å²) in [6, 6.07) is 3.26. The number of sulfonamides is 1. The smallest absolute Gasteiger partial charge is 0.243 e. The third-order valence-electron chi connectivity index (χ3n) is 3.66. The second kappa shape index (κ2) is 6.08. The summed E-state index contributed by atoms with van der Waals surface area (Å²) in [6.45, 7) is 7.22. The first-order chi connectivity index (χ1) is 9.67. The topological polar surface area (TPSA) is 63.4 Å². The van der Waals surface area contributed by atoms with Crippen molar-refractivity contribution in [3.63, 3.8) is 0 Å². The second-order valence-electron chi connectivity index (χ2n) is 5.84. The molecule has 1 aromatic rings. The number of nitrogens with two attached hydrogens (primary N) is 1. The highest BCUT2D eigenvalue weighted by Gasteiger charge is 2.35. The van der Waals surface area contributed by atoms with Gasteiger partial charge < -0.3 is 5.73 Å². The number of hydrogen-bond acceptors (Lipinski definition) is 4. The van der Waals surface area contributed by atoms with Gasteiger partial charge in [0.05, 0.1) is 4.90 Å². The highest BCUT2D eigenvalue weighted by atomic mass is 35.5. The molecule has 21 heavy (non-hydrogen) atoms. The van der Waals surface area contributed by atoms with Crippen molar-refractivity contribution in [3.8, 4) is 0 Å². The third kappa shape index (κ3) is 3.56. The van der Waals surface area contributed by atoms with Gasteiger partial charge in [-0.1, -0.05) is 11.6 Å². The second-order valence-corrected chi connectivity index (χ2v) is 9.98. The Morgan fingerprint density at radius 2 is 2.10 bits per heavy atom. The van der Waals surface area contributed by atoms with Crippen LogP contribution in [0.3, 0.4) is 0 Å². The monoisotopic (exact) mass is 348 g/mol. The minimum atomic E-state index is -3.54. The first-order valence-corrected chi connectivity index (χ1v) is 9.61. The summed E-state index contributed by atoms with van der Waals surface area (Å²) in [5.41, 5.74) is 7.15. The van der Waals surface area contributed by atoms with Crippen molar-refractivity contribution in [1.82, 2.24) is 4.31 Å². The molecule has 0 aromatic heterocycles. The molecule has 0 amide bonds. The van der Waals surface area contributed by atoms with Crippen LogP contribution in [0.4, 0.5) is 0 Å². The third-order valence-corrected chi connectivity index (χ3v) is 7.15. The lowest BCUT2D eigenvalue weighted by atomic mass is 10.1. The van der Waals surface area contributed by atoms with E-state index in [0.717, 1.165) is 11.3 Å². The Hall–Kier alpha value is -0.270. The van der Waals surface area contributed by atoms with Crippen molar-refractivity contribution in [2.75, 3.05) is 18.8 Å². The fraction of sp³-hybridized carbons (Fsp3) is 0.571. The summed E-state index contributed by atoms with van der Waals surface area (Å²) in [5.74, 6) is 0.801. The van der Waals surface area contributed by atoms with Crippen LogP contribution in [0.5, 0.6) is 0 Å². The molecule has 1 saturated heterocycles. The molecular weight excluding hydrogens is 328 g/mol. The Bertz CT molecular complexity index is 645. The van der Waals surface area contributed by atoms with Crippen molar-refractivity contribution in [1.29, 1.82) is 0 Å². The largest absolute Gasteiger partial charge is 0.326 e. The van der Waals surface area contributed by atoms with Gasteiger partial charge in [0.1, 0.15) is 0 Å². The Morgan fingerprint density at radius 1 is 1.43 bits per heavy atom. The fourth-order valence-corrected chi connectivity index (χ4v) is 6.02. The van der Waals surface area contributed by atoms with Crippen molar-refractivity contribution in [3.05, 3.63) is 28.3 Å². The van der Waals surface area contributed by atoms with Crippen LogP contribution >= 0.6 is 23.4 Å². The maximum absolute atomic E-state index is 12.9. The maximum Gasteiger partial charge on any atom is 0.243 e. The van der Waals surface area contributed by atoms with Crippen molar-refractivity contribution in [2.45, 2.75) is 37.0 Å². The van der Waals surface area contributed by atoms with Crippen LogP contribution in [-0.2, 0) is 16.6 Å². The SMILES string of the molecule is Cc1c(CN)cc(Cl)cc1S(=O)(=O)N1CCSC(C)(C)C1. The van der Waals surface area contributed by atoms with Gasteiger partial charge in [-0.15, -0.1) is 0 Å². The molecule has 1 aliphatic heterocycles. The number of thioether (sulfide) groups is 1. The van der Waals surface area contributed by atoms with Gasteiger partial charge in [-0.2, -0.15) is 16.1 Å². The van der Waals surface area contributed by atoms with Gasteiger partial charge >= 0.3 is 0 Å². The van der Waals surface area contributed by atoms with Gasteiger partial charge in [0.2, 0.25) is 10.0 Å². The molecule has 118 valence electrons.